The molecule has 0 saturated carbocycles. The van der Waals surface area contributed by atoms with E-state index in [4.69, 9.17) is 4.74 Å². The molecule has 0 aliphatic rings. The monoisotopic (exact) mass is 264 g/mol. The highest BCUT2D eigenvalue weighted by molar-refractivity contribution is 7.99. The van der Waals surface area contributed by atoms with E-state index >= 15 is 0 Å². The van der Waals surface area contributed by atoms with E-state index in [1.807, 2.05) is 0 Å². The summed E-state index contributed by atoms with van der Waals surface area (Å²) >= 11 is 1.61. The van der Waals surface area contributed by atoms with Gasteiger partial charge in [-0.15, -0.1) is 0 Å². The summed E-state index contributed by atoms with van der Waals surface area (Å²) in [5.41, 5.74) is 0. The predicted molar refractivity (Wildman–Crippen MR) is 72.2 cm³/mol. The second kappa shape index (κ2) is 12.2. The Morgan fingerprint density at radius 1 is 1.29 bits per heavy atom. The highest BCUT2D eigenvalue weighted by atomic mass is 32.2. The minimum Gasteiger partial charge on any atom is -0.465 e. The Morgan fingerprint density at radius 3 is 2.71 bits per heavy atom. The van der Waals surface area contributed by atoms with Crippen LogP contribution >= 0.6 is 11.8 Å². The van der Waals surface area contributed by atoms with Gasteiger partial charge in [0.1, 0.15) is 0 Å². The fraction of sp³-hybridized carbons (Fsp3) is 0.923. The largest absolute Gasteiger partial charge is 0.465 e. The number of rotatable bonds is 11. The number of esters is 1. The number of hydrogen-bond acceptors (Lipinski definition) is 3. The van der Waals surface area contributed by atoms with Crippen molar-refractivity contribution in [2.24, 2.45) is 0 Å². The second-order valence-corrected chi connectivity index (χ2v) is 5.36. The normalized spacial score (nSPS) is 12.4. The van der Waals surface area contributed by atoms with Gasteiger partial charge in [0.15, 0.2) is 0 Å². The quantitative estimate of drug-likeness (QED) is 0.417. The lowest BCUT2D eigenvalue weighted by atomic mass is 10.1. The number of hydrogen-bond donors (Lipinski definition) is 0. The van der Waals surface area contributed by atoms with E-state index in [0.29, 0.717) is 18.8 Å². The Hall–Kier alpha value is -0.250. The molecule has 102 valence electrons. The summed E-state index contributed by atoms with van der Waals surface area (Å²) in [7, 11) is 0. The summed E-state index contributed by atoms with van der Waals surface area (Å²) in [5.74, 6) is 1.30. The molecular formula is C13H25FO2S. The highest BCUT2D eigenvalue weighted by Crippen LogP contribution is 2.10. The van der Waals surface area contributed by atoms with Gasteiger partial charge in [0.05, 0.1) is 18.5 Å². The molecule has 0 saturated heterocycles. The van der Waals surface area contributed by atoms with Crippen LogP contribution in [-0.4, -0.2) is 30.3 Å². The van der Waals surface area contributed by atoms with Crippen molar-refractivity contribution >= 4 is 17.7 Å². The van der Waals surface area contributed by atoms with E-state index < -0.39 is 6.17 Å². The molecule has 0 aromatic carbocycles. The van der Waals surface area contributed by atoms with Gasteiger partial charge < -0.3 is 4.74 Å². The third kappa shape index (κ3) is 13.7. The topological polar surface area (TPSA) is 26.3 Å². The zero-order chi connectivity index (χ0) is 12.9. The molecule has 0 fully saturated rings. The maximum absolute atomic E-state index is 12.5. The molecule has 0 aliphatic heterocycles. The Morgan fingerprint density at radius 2 is 2.06 bits per heavy atom. The molecule has 2 nitrogen and oxygen atoms in total. The van der Waals surface area contributed by atoms with Gasteiger partial charge in [0, 0.05) is 0 Å². The van der Waals surface area contributed by atoms with E-state index in [9.17, 15) is 9.18 Å². The van der Waals surface area contributed by atoms with Gasteiger partial charge in [-0.1, -0.05) is 26.2 Å². The third-order valence-electron chi connectivity index (χ3n) is 2.37. The lowest BCUT2D eigenvalue weighted by Crippen LogP contribution is -2.08. The molecule has 0 heterocycles. The molecule has 0 rings (SSSR count). The number of thioether (sulfide) groups is 1. The number of alkyl halides is 1. The van der Waals surface area contributed by atoms with Crippen LogP contribution < -0.4 is 0 Å². The smallest absolute Gasteiger partial charge is 0.315 e. The van der Waals surface area contributed by atoms with E-state index in [1.54, 1.807) is 18.7 Å². The van der Waals surface area contributed by atoms with Gasteiger partial charge in [-0.05, 0) is 31.9 Å². The number of carbonyl (C=O) groups excluding carboxylic acids is 1. The lowest BCUT2D eigenvalue weighted by molar-refractivity contribution is -0.140. The first-order chi connectivity index (χ1) is 8.16. The summed E-state index contributed by atoms with van der Waals surface area (Å²) < 4.78 is 17.5. The zero-order valence-corrected chi connectivity index (χ0v) is 11.9. The van der Waals surface area contributed by atoms with Crippen LogP contribution in [0.3, 0.4) is 0 Å². The molecule has 0 bridgehead atoms. The van der Waals surface area contributed by atoms with Gasteiger partial charge in [0.2, 0.25) is 0 Å². The standard InChI is InChI=1S/C13H25FO2S/c1-3-4-9-16-13(15)11-17-10-7-5-6-8-12(2)14/h12H,3-11H2,1-2H3. The Balaban J connectivity index is 3.14. The summed E-state index contributed by atoms with van der Waals surface area (Å²) in [4.78, 5) is 11.2. The number of ether oxygens (including phenoxy) is 1. The SMILES string of the molecule is CCCCOC(=O)CSCCCCCC(C)F. The molecule has 0 N–H and O–H groups in total. The van der Waals surface area contributed by atoms with Gasteiger partial charge in [-0.25, -0.2) is 4.39 Å². The van der Waals surface area contributed by atoms with Crippen molar-refractivity contribution < 1.29 is 13.9 Å². The highest BCUT2D eigenvalue weighted by Gasteiger charge is 2.02. The van der Waals surface area contributed by atoms with Crippen molar-refractivity contribution in [3.63, 3.8) is 0 Å². The van der Waals surface area contributed by atoms with E-state index in [2.05, 4.69) is 6.92 Å². The van der Waals surface area contributed by atoms with Gasteiger partial charge in [-0.2, -0.15) is 11.8 Å². The molecule has 1 unspecified atom stereocenters. The molecule has 0 spiro atoms. The van der Waals surface area contributed by atoms with Crippen LogP contribution in [0.4, 0.5) is 4.39 Å². The molecule has 4 heteroatoms. The van der Waals surface area contributed by atoms with Crippen molar-refractivity contribution in [3.8, 4) is 0 Å². The average Bonchev–Trinajstić information content (AvgIpc) is 2.28. The fourth-order valence-corrected chi connectivity index (χ4v) is 2.14. The molecular weight excluding hydrogens is 239 g/mol. The van der Waals surface area contributed by atoms with E-state index in [-0.39, 0.29) is 5.97 Å². The first-order valence-electron chi connectivity index (χ1n) is 6.54. The van der Waals surface area contributed by atoms with Crippen LogP contribution in [0.1, 0.15) is 52.4 Å². The second-order valence-electron chi connectivity index (χ2n) is 4.26. The molecule has 0 aromatic heterocycles. The van der Waals surface area contributed by atoms with Crippen LogP contribution in [0, 0.1) is 0 Å². The molecule has 0 aliphatic carbocycles. The number of unbranched alkanes of at least 4 members (excludes halogenated alkanes) is 3. The molecule has 17 heavy (non-hydrogen) atoms. The van der Waals surface area contributed by atoms with Crippen LogP contribution in [0.5, 0.6) is 0 Å². The maximum atomic E-state index is 12.5. The fourth-order valence-electron chi connectivity index (χ4n) is 1.33. The Labute approximate surface area is 109 Å². The molecule has 1 atom stereocenters. The summed E-state index contributed by atoms with van der Waals surface area (Å²) in [5, 5.41) is 0. The van der Waals surface area contributed by atoms with Crippen molar-refractivity contribution in [1.29, 1.82) is 0 Å². The van der Waals surface area contributed by atoms with E-state index in [1.165, 1.54) is 0 Å². The van der Waals surface area contributed by atoms with Gasteiger partial charge >= 0.3 is 5.97 Å². The molecule has 0 aromatic rings. The first-order valence-corrected chi connectivity index (χ1v) is 7.69. The van der Waals surface area contributed by atoms with Gasteiger partial charge in [0.25, 0.3) is 0 Å². The minimum absolute atomic E-state index is 0.110. The van der Waals surface area contributed by atoms with Crippen LogP contribution in [0.25, 0.3) is 0 Å². The van der Waals surface area contributed by atoms with Crippen molar-refractivity contribution in [2.45, 2.75) is 58.5 Å². The molecule has 0 amide bonds. The van der Waals surface area contributed by atoms with E-state index in [0.717, 1.165) is 37.9 Å². The maximum Gasteiger partial charge on any atom is 0.315 e. The Bertz CT molecular complexity index is 186. The van der Waals surface area contributed by atoms with Gasteiger partial charge in [-0.3, -0.25) is 4.79 Å². The lowest BCUT2D eigenvalue weighted by Gasteiger charge is -2.04. The predicted octanol–water partition coefficient (Wildman–Crippen LogP) is 3.98. The molecule has 0 radical (unpaired) electrons. The van der Waals surface area contributed by atoms with Crippen LogP contribution in [0.2, 0.25) is 0 Å². The first kappa shape index (κ1) is 16.8. The summed E-state index contributed by atoms with van der Waals surface area (Å²) in [6.07, 6.45) is 5.01. The zero-order valence-electron chi connectivity index (χ0n) is 11.0. The summed E-state index contributed by atoms with van der Waals surface area (Å²) in [6, 6.07) is 0. The average molecular weight is 264 g/mol. The third-order valence-corrected chi connectivity index (χ3v) is 3.39. The number of halogens is 1. The van der Waals surface area contributed by atoms with Crippen LogP contribution in [-0.2, 0) is 9.53 Å². The minimum atomic E-state index is -0.684. The van der Waals surface area contributed by atoms with Crippen LogP contribution in [0.15, 0.2) is 0 Å². The summed E-state index contributed by atoms with van der Waals surface area (Å²) in [6.45, 7) is 4.21. The number of carbonyl (C=O) groups is 1. The van der Waals surface area contributed by atoms with Crippen molar-refractivity contribution in [2.75, 3.05) is 18.1 Å². The Kier molecular flexibility index (Phi) is 12.0. The van der Waals surface area contributed by atoms with Crippen molar-refractivity contribution in [3.05, 3.63) is 0 Å². The van der Waals surface area contributed by atoms with Crippen molar-refractivity contribution in [1.82, 2.24) is 0 Å².